The Kier molecular flexibility index (Phi) is 4.49. The second-order valence-corrected chi connectivity index (χ2v) is 12.0. The number of alkyl halides is 4. The summed E-state index contributed by atoms with van der Waals surface area (Å²) in [5.74, 6) is -0.471. The van der Waals surface area contributed by atoms with E-state index in [0.29, 0.717) is 32.5 Å². The van der Waals surface area contributed by atoms with Crippen molar-refractivity contribution in [2.45, 2.75) is 57.2 Å². The van der Waals surface area contributed by atoms with E-state index in [9.17, 15) is 0 Å². The Labute approximate surface area is 165 Å². The van der Waals surface area contributed by atoms with Crippen molar-refractivity contribution < 1.29 is 9.47 Å². The average Bonchev–Trinajstić information content (AvgIpc) is 2.89. The van der Waals surface area contributed by atoms with Gasteiger partial charge in [-0.05, 0) is 42.6 Å². The first-order valence-electron chi connectivity index (χ1n) is 7.94. The first-order chi connectivity index (χ1) is 10.4. The number of hydrogen-bond donors (Lipinski definition) is 0. The van der Waals surface area contributed by atoms with Crippen LogP contribution in [0.1, 0.15) is 32.1 Å². The zero-order valence-electron chi connectivity index (χ0n) is 12.2. The fraction of sp³-hybridized carbons (Fsp3) is 0.875. The topological polar surface area (TPSA) is 18.5 Å². The fourth-order valence-electron chi connectivity index (χ4n) is 5.08. The van der Waals surface area contributed by atoms with Crippen molar-refractivity contribution in [2.24, 2.45) is 10.8 Å². The Hall–Kier alpha value is 1.58. The van der Waals surface area contributed by atoms with Crippen LogP contribution in [0.25, 0.3) is 0 Å². The Morgan fingerprint density at radius 3 is 1.77 bits per heavy atom. The second kappa shape index (κ2) is 5.80. The van der Waals surface area contributed by atoms with Gasteiger partial charge in [-0.2, -0.15) is 0 Å². The molecule has 0 amide bonds. The molecule has 4 unspecified atom stereocenters. The minimum Gasteiger partial charge on any atom is -0.344 e. The third kappa shape index (κ3) is 2.49. The molecule has 0 aromatic rings. The van der Waals surface area contributed by atoms with Crippen LogP contribution in [0.4, 0.5) is 0 Å². The van der Waals surface area contributed by atoms with Gasteiger partial charge in [0.2, 0.25) is 0 Å². The van der Waals surface area contributed by atoms with Crippen molar-refractivity contribution in [1.82, 2.24) is 0 Å². The molecule has 1 heterocycles. The summed E-state index contributed by atoms with van der Waals surface area (Å²) in [6.07, 6.45) is 10.4. The van der Waals surface area contributed by atoms with Crippen LogP contribution in [0.15, 0.2) is 12.2 Å². The van der Waals surface area contributed by atoms with E-state index in [1.807, 2.05) is 0 Å². The molecular formula is C16H20Br4O2. The van der Waals surface area contributed by atoms with Gasteiger partial charge < -0.3 is 9.47 Å². The van der Waals surface area contributed by atoms with Crippen LogP contribution in [0.5, 0.6) is 0 Å². The lowest BCUT2D eigenvalue weighted by Crippen LogP contribution is -2.60. The molecule has 124 valence electrons. The van der Waals surface area contributed by atoms with Crippen LogP contribution in [0.3, 0.4) is 0 Å². The first kappa shape index (κ1) is 17.0. The Morgan fingerprint density at radius 2 is 1.23 bits per heavy atom. The quantitative estimate of drug-likeness (QED) is 0.294. The molecule has 0 radical (unpaired) electrons. The first-order valence-corrected chi connectivity index (χ1v) is 11.6. The number of rotatable bonds is 0. The second-order valence-electron chi connectivity index (χ2n) is 7.34. The number of ether oxygens (including phenoxy) is 2. The lowest BCUT2D eigenvalue weighted by Gasteiger charge is -2.63. The molecule has 3 aliphatic carbocycles. The molecule has 0 aromatic carbocycles. The molecule has 1 saturated heterocycles. The van der Waals surface area contributed by atoms with Crippen LogP contribution < -0.4 is 0 Å². The Morgan fingerprint density at radius 1 is 0.727 bits per heavy atom. The minimum atomic E-state index is -0.471. The highest BCUT2D eigenvalue weighted by Crippen LogP contribution is 2.68. The maximum absolute atomic E-state index is 6.03. The van der Waals surface area contributed by atoms with Gasteiger partial charge >= 0.3 is 0 Å². The van der Waals surface area contributed by atoms with E-state index >= 15 is 0 Å². The summed E-state index contributed by atoms with van der Waals surface area (Å²) >= 11 is 15.7. The van der Waals surface area contributed by atoms with E-state index in [2.05, 4.69) is 75.9 Å². The summed E-state index contributed by atoms with van der Waals surface area (Å²) < 4.78 is 12.1. The Balaban J connectivity index is 1.78. The van der Waals surface area contributed by atoms with E-state index < -0.39 is 5.79 Å². The highest BCUT2D eigenvalue weighted by molar-refractivity contribution is 9.12. The highest BCUT2D eigenvalue weighted by atomic mass is 79.9. The van der Waals surface area contributed by atoms with Crippen LogP contribution in [-0.4, -0.2) is 38.3 Å². The summed E-state index contributed by atoms with van der Waals surface area (Å²) in [6, 6.07) is 0. The minimum absolute atomic E-state index is 0.239. The molecule has 2 nitrogen and oxygen atoms in total. The molecule has 1 aliphatic heterocycles. The molecule has 1 spiro atoms. The lowest BCUT2D eigenvalue weighted by molar-refractivity contribution is -0.181. The third-order valence-corrected chi connectivity index (χ3v) is 11.4. The van der Waals surface area contributed by atoms with E-state index in [4.69, 9.17) is 9.47 Å². The van der Waals surface area contributed by atoms with Crippen molar-refractivity contribution in [3.8, 4) is 0 Å². The summed E-state index contributed by atoms with van der Waals surface area (Å²) in [5, 5.41) is 0. The van der Waals surface area contributed by atoms with Gasteiger partial charge in [0.25, 0.3) is 0 Å². The van der Waals surface area contributed by atoms with Crippen LogP contribution in [0, 0.1) is 10.8 Å². The van der Waals surface area contributed by atoms with E-state index in [-0.39, 0.29) is 10.8 Å². The third-order valence-electron chi connectivity index (χ3n) is 6.15. The van der Waals surface area contributed by atoms with Gasteiger partial charge in [0, 0.05) is 25.7 Å². The fourth-order valence-corrected chi connectivity index (χ4v) is 8.22. The van der Waals surface area contributed by atoms with E-state index in [1.165, 1.54) is 25.7 Å². The van der Waals surface area contributed by atoms with Gasteiger partial charge in [-0.3, -0.25) is 0 Å². The summed E-state index contributed by atoms with van der Waals surface area (Å²) in [6.45, 7) is 1.43. The Bertz CT molecular complexity index is 469. The van der Waals surface area contributed by atoms with Crippen molar-refractivity contribution in [1.29, 1.82) is 0 Å². The normalized spacial score (nSPS) is 53.3. The van der Waals surface area contributed by atoms with Crippen LogP contribution in [0.2, 0.25) is 0 Å². The molecule has 0 N–H and O–H groups in total. The largest absolute Gasteiger partial charge is 0.344 e. The van der Waals surface area contributed by atoms with Gasteiger partial charge in [-0.25, -0.2) is 0 Å². The molecule has 0 bridgehead atoms. The molecule has 4 rings (SSSR count). The van der Waals surface area contributed by atoms with Gasteiger partial charge in [0.15, 0.2) is 5.79 Å². The molecule has 22 heavy (non-hydrogen) atoms. The molecule has 2 saturated carbocycles. The number of halogens is 4. The van der Waals surface area contributed by atoms with Crippen LogP contribution >= 0.6 is 63.7 Å². The highest BCUT2D eigenvalue weighted by Gasteiger charge is 2.64. The number of hydrogen-bond acceptors (Lipinski definition) is 2. The summed E-state index contributed by atoms with van der Waals surface area (Å²) in [5.41, 5.74) is 0.480. The van der Waals surface area contributed by atoms with E-state index in [0.717, 1.165) is 6.42 Å². The molecular weight excluding hydrogens is 544 g/mol. The standard InChI is InChI=1S/C16H20Br4O2/c17-10-5-14-1-2-16(21-3-4-22-16)9-15(14,7-12(10)19)8-13(20)11(18)6-14/h1-2,10-13H,3-9H2. The molecule has 3 fully saturated rings. The summed E-state index contributed by atoms with van der Waals surface area (Å²) in [7, 11) is 0. The van der Waals surface area contributed by atoms with Crippen molar-refractivity contribution in [3.05, 3.63) is 12.2 Å². The summed E-state index contributed by atoms with van der Waals surface area (Å²) in [4.78, 5) is 2.07. The smallest absolute Gasteiger partial charge is 0.188 e. The zero-order chi connectivity index (χ0) is 15.6. The van der Waals surface area contributed by atoms with Gasteiger partial charge in [-0.15, -0.1) is 0 Å². The van der Waals surface area contributed by atoms with Gasteiger partial charge in [-0.1, -0.05) is 69.8 Å². The monoisotopic (exact) mass is 560 g/mol. The van der Waals surface area contributed by atoms with E-state index in [1.54, 1.807) is 0 Å². The SMILES string of the molecule is BrC1CC23C=CC4(CC2(CC1Br)CC(Br)C(Br)C3)OCCO4. The predicted octanol–water partition coefficient (Wildman–Crippen LogP) is 5.30. The lowest BCUT2D eigenvalue weighted by atomic mass is 9.46. The molecule has 4 aliphatic rings. The van der Waals surface area contributed by atoms with Crippen molar-refractivity contribution >= 4 is 63.7 Å². The van der Waals surface area contributed by atoms with Crippen molar-refractivity contribution in [2.75, 3.05) is 13.2 Å². The van der Waals surface area contributed by atoms with Gasteiger partial charge in [0.1, 0.15) is 0 Å². The van der Waals surface area contributed by atoms with Crippen molar-refractivity contribution in [3.63, 3.8) is 0 Å². The van der Waals surface area contributed by atoms with Crippen LogP contribution in [-0.2, 0) is 9.47 Å². The zero-order valence-corrected chi connectivity index (χ0v) is 18.6. The average molecular weight is 564 g/mol. The predicted molar refractivity (Wildman–Crippen MR) is 103 cm³/mol. The maximum atomic E-state index is 6.03. The van der Waals surface area contributed by atoms with Gasteiger partial charge in [0.05, 0.1) is 13.2 Å². The molecule has 0 aromatic heterocycles. The maximum Gasteiger partial charge on any atom is 0.188 e. The molecule has 6 heteroatoms. The number of allylic oxidation sites excluding steroid dienone is 1. The molecule has 4 atom stereocenters.